The first kappa shape index (κ1) is 15.0. The van der Waals surface area contributed by atoms with Crippen LogP contribution in [0.4, 0.5) is 5.69 Å². The van der Waals surface area contributed by atoms with E-state index in [1.54, 1.807) is 12.1 Å². The first-order chi connectivity index (χ1) is 9.45. The molecule has 0 aliphatic carbocycles. The number of hydrogen-bond donors (Lipinski definition) is 2. The summed E-state index contributed by atoms with van der Waals surface area (Å²) in [4.78, 5) is 11.2. The fourth-order valence-electron chi connectivity index (χ4n) is 2.41. The number of anilines is 1. The Kier molecular flexibility index (Phi) is 4.42. The third-order valence-electron chi connectivity index (χ3n) is 3.38. The highest BCUT2D eigenvalue weighted by atomic mass is 32.2. The van der Waals surface area contributed by atoms with Gasteiger partial charge in [0.2, 0.25) is 15.9 Å². The molecule has 1 unspecified atom stereocenters. The number of nitrogens with one attached hydrogen (secondary N) is 1. The minimum Gasteiger partial charge on any atom is -0.329 e. The maximum Gasteiger partial charge on any atom is 0.243 e. The van der Waals surface area contributed by atoms with Gasteiger partial charge in [0.1, 0.15) is 0 Å². The van der Waals surface area contributed by atoms with Crippen molar-refractivity contribution in [3.05, 3.63) is 24.3 Å². The summed E-state index contributed by atoms with van der Waals surface area (Å²) in [6.45, 7) is 2.25. The lowest BCUT2D eigenvalue weighted by molar-refractivity contribution is -0.114. The molecule has 20 heavy (non-hydrogen) atoms. The standard InChI is InChI=1S/C13H19N3O3S/c1-10(17)15-11-4-6-13(7-5-11)20(18,19)16-8-2-3-12(16)9-14/h4-7,12H,2-3,8-9,14H2,1H3,(H,15,17). The van der Waals surface area contributed by atoms with E-state index >= 15 is 0 Å². The maximum absolute atomic E-state index is 12.5. The average molecular weight is 297 g/mol. The van der Waals surface area contributed by atoms with E-state index in [-0.39, 0.29) is 16.8 Å². The molecule has 1 aliphatic heterocycles. The highest BCUT2D eigenvalue weighted by Crippen LogP contribution is 2.26. The predicted molar refractivity (Wildman–Crippen MR) is 76.7 cm³/mol. The number of sulfonamides is 1. The highest BCUT2D eigenvalue weighted by molar-refractivity contribution is 7.89. The van der Waals surface area contributed by atoms with Crippen LogP contribution in [-0.4, -0.2) is 37.8 Å². The molecule has 0 spiro atoms. The average Bonchev–Trinajstić information content (AvgIpc) is 2.87. The summed E-state index contributed by atoms with van der Waals surface area (Å²) in [5.74, 6) is -0.191. The van der Waals surface area contributed by atoms with E-state index in [4.69, 9.17) is 5.73 Å². The molecule has 1 heterocycles. The minimum atomic E-state index is -3.50. The van der Waals surface area contributed by atoms with E-state index in [0.29, 0.717) is 18.8 Å². The largest absolute Gasteiger partial charge is 0.329 e. The normalized spacial score (nSPS) is 20.0. The molecular weight excluding hydrogens is 278 g/mol. The van der Waals surface area contributed by atoms with Crippen LogP contribution in [0.5, 0.6) is 0 Å². The van der Waals surface area contributed by atoms with Crippen molar-refractivity contribution < 1.29 is 13.2 Å². The number of rotatable bonds is 4. The van der Waals surface area contributed by atoms with Gasteiger partial charge in [-0.25, -0.2) is 8.42 Å². The Balaban J connectivity index is 2.23. The molecule has 0 radical (unpaired) electrons. The number of hydrogen-bond acceptors (Lipinski definition) is 4. The van der Waals surface area contributed by atoms with Gasteiger partial charge in [0.25, 0.3) is 0 Å². The van der Waals surface area contributed by atoms with Crippen LogP contribution in [0.25, 0.3) is 0 Å². The number of amides is 1. The fourth-order valence-corrected chi connectivity index (χ4v) is 4.11. The summed E-state index contributed by atoms with van der Waals surface area (Å²) in [7, 11) is -3.50. The molecule has 1 aliphatic rings. The third kappa shape index (κ3) is 3.00. The van der Waals surface area contributed by atoms with Crippen molar-refractivity contribution >= 4 is 21.6 Å². The quantitative estimate of drug-likeness (QED) is 0.858. The lowest BCUT2D eigenvalue weighted by Crippen LogP contribution is -2.39. The summed E-state index contributed by atoms with van der Waals surface area (Å²) >= 11 is 0. The summed E-state index contributed by atoms with van der Waals surface area (Å²) in [5, 5.41) is 2.61. The molecule has 6 nitrogen and oxygen atoms in total. The van der Waals surface area contributed by atoms with Crippen LogP contribution in [-0.2, 0) is 14.8 Å². The molecule has 7 heteroatoms. The van der Waals surface area contributed by atoms with Crippen LogP contribution >= 0.6 is 0 Å². The SMILES string of the molecule is CC(=O)Nc1ccc(S(=O)(=O)N2CCCC2CN)cc1. The number of nitrogens with two attached hydrogens (primary N) is 1. The number of carbonyl (C=O) groups excluding carboxylic acids is 1. The van der Waals surface area contributed by atoms with Gasteiger partial charge in [0, 0.05) is 31.7 Å². The van der Waals surface area contributed by atoms with Crippen LogP contribution in [0.3, 0.4) is 0 Å². The predicted octanol–water partition coefficient (Wildman–Crippen LogP) is 0.757. The van der Waals surface area contributed by atoms with Crippen LogP contribution in [0.15, 0.2) is 29.2 Å². The van der Waals surface area contributed by atoms with E-state index in [0.717, 1.165) is 12.8 Å². The molecule has 0 saturated carbocycles. The second-order valence-corrected chi connectivity index (χ2v) is 6.74. The van der Waals surface area contributed by atoms with Crippen molar-refractivity contribution in [2.75, 3.05) is 18.4 Å². The summed E-state index contributed by atoms with van der Waals surface area (Å²) in [5.41, 5.74) is 6.20. The molecule has 1 fully saturated rings. The van der Waals surface area contributed by atoms with E-state index < -0.39 is 10.0 Å². The smallest absolute Gasteiger partial charge is 0.243 e. The van der Waals surface area contributed by atoms with Crippen LogP contribution in [0.2, 0.25) is 0 Å². The zero-order valence-corrected chi connectivity index (χ0v) is 12.2. The Hall–Kier alpha value is -1.44. The summed E-state index contributed by atoms with van der Waals surface area (Å²) in [6.07, 6.45) is 1.64. The monoisotopic (exact) mass is 297 g/mol. The Morgan fingerprint density at radius 2 is 2.05 bits per heavy atom. The molecule has 1 saturated heterocycles. The minimum absolute atomic E-state index is 0.116. The summed E-state index contributed by atoms with van der Waals surface area (Å²) < 4.78 is 26.5. The van der Waals surface area contributed by atoms with Gasteiger partial charge in [-0.3, -0.25) is 4.79 Å². The molecule has 0 bridgehead atoms. The molecule has 110 valence electrons. The molecule has 3 N–H and O–H groups in total. The second kappa shape index (κ2) is 5.90. The maximum atomic E-state index is 12.5. The van der Waals surface area contributed by atoms with E-state index in [1.165, 1.54) is 23.4 Å². The van der Waals surface area contributed by atoms with Crippen LogP contribution < -0.4 is 11.1 Å². The lowest BCUT2D eigenvalue weighted by Gasteiger charge is -2.22. The van der Waals surface area contributed by atoms with Crippen LogP contribution in [0.1, 0.15) is 19.8 Å². The van der Waals surface area contributed by atoms with Gasteiger partial charge in [-0.15, -0.1) is 0 Å². The van der Waals surface area contributed by atoms with Gasteiger partial charge >= 0.3 is 0 Å². The van der Waals surface area contributed by atoms with Gasteiger partial charge in [-0.1, -0.05) is 0 Å². The van der Waals surface area contributed by atoms with Crippen molar-refractivity contribution in [2.24, 2.45) is 5.73 Å². The van der Waals surface area contributed by atoms with Crippen molar-refractivity contribution in [1.29, 1.82) is 0 Å². The Labute approximate surface area is 119 Å². The van der Waals surface area contributed by atoms with E-state index in [2.05, 4.69) is 5.32 Å². The van der Waals surface area contributed by atoms with Crippen LogP contribution in [0, 0.1) is 0 Å². The second-order valence-electron chi connectivity index (χ2n) is 4.85. The molecular formula is C13H19N3O3S. The van der Waals surface area contributed by atoms with Crippen molar-refractivity contribution in [3.8, 4) is 0 Å². The Bertz CT molecular complexity index is 583. The topological polar surface area (TPSA) is 92.5 Å². The molecule has 1 aromatic carbocycles. The first-order valence-corrected chi connectivity index (χ1v) is 7.98. The third-order valence-corrected chi connectivity index (χ3v) is 5.34. The molecule has 1 atom stereocenters. The van der Waals surface area contributed by atoms with Gasteiger partial charge in [0.15, 0.2) is 0 Å². The van der Waals surface area contributed by atoms with E-state index in [1.807, 2.05) is 0 Å². The first-order valence-electron chi connectivity index (χ1n) is 6.54. The zero-order valence-electron chi connectivity index (χ0n) is 11.4. The van der Waals surface area contributed by atoms with Gasteiger partial charge in [-0.2, -0.15) is 4.31 Å². The van der Waals surface area contributed by atoms with Gasteiger partial charge < -0.3 is 11.1 Å². The number of nitrogens with zero attached hydrogens (tertiary/aromatic N) is 1. The fraction of sp³-hybridized carbons (Fsp3) is 0.462. The highest BCUT2D eigenvalue weighted by Gasteiger charge is 2.34. The van der Waals surface area contributed by atoms with Crippen molar-refractivity contribution in [3.63, 3.8) is 0 Å². The van der Waals surface area contributed by atoms with Crippen molar-refractivity contribution in [2.45, 2.75) is 30.7 Å². The van der Waals surface area contributed by atoms with Gasteiger partial charge in [-0.05, 0) is 37.1 Å². The summed E-state index contributed by atoms with van der Waals surface area (Å²) in [6, 6.07) is 6.07. The molecule has 1 aromatic rings. The Morgan fingerprint density at radius 3 is 2.60 bits per heavy atom. The number of carbonyl (C=O) groups is 1. The van der Waals surface area contributed by atoms with Crippen molar-refractivity contribution in [1.82, 2.24) is 4.31 Å². The Morgan fingerprint density at radius 1 is 1.40 bits per heavy atom. The van der Waals surface area contributed by atoms with E-state index in [9.17, 15) is 13.2 Å². The molecule has 2 rings (SSSR count). The lowest BCUT2D eigenvalue weighted by atomic mass is 10.2. The number of benzene rings is 1. The zero-order chi connectivity index (χ0) is 14.8. The van der Waals surface area contributed by atoms with Gasteiger partial charge in [0.05, 0.1) is 4.90 Å². The molecule has 1 amide bonds. The molecule has 0 aromatic heterocycles.